The third-order valence-corrected chi connectivity index (χ3v) is 9.19. The summed E-state index contributed by atoms with van der Waals surface area (Å²) in [6.07, 6.45) is 0. The first-order valence-corrected chi connectivity index (χ1v) is 15.1. The number of phenolic OH excluding ortho intramolecular Hbond substituents is 2. The predicted molar refractivity (Wildman–Crippen MR) is 175 cm³/mol. The van der Waals surface area contributed by atoms with Gasteiger partial charge in [0.1, 0.15) is 11.5 Å². The number of carbonyl (C=O) groups excluding carboxylic acids is 2. The van der Waals surface area contributed by atoms with Crippen LogP contribution in [0.1, 0.15) is 49.9 Å². The monoisotopic (exact) mass is 632 g/mol. The average molecular weight is 634 g/mol. The summed E-state index contributed by atoms with van der Waals surface area (Å²) in [4.78, 5) is 28.5. The molecule has 0 aliphatic carbocycles. The minimum Gasteiger partial charge on any atom is -0.506 e. The molecule has 44 heavy (non-hydrogen) atoms. The summed E-state index contributed by atoms with van der Waals surface area (Å²) in [5.74, 6) is -0.0813. The van der Waals surface area contributed by atoms with Crippen molar-refractivity contribution in [3.05, 3.63) is 117 Å². The number of amides is 4. The van der Waals surface area contributed by atoms with Crippen molar-refractivity contribution in [2.24, 2.45) is 0 Å². The van der Waals surface area contributed by atoms with E-state index in [0.717, 1.165) is 22.3 Å². The van der Waals surface area contributed by atoms with E-state index in [9.17, 15) is 19.8 Å². The molecule has 4 N–H and O–H groups in total. The van der Waals surface area contributed by atoms with E-state index >= 15 is 0 Å². The van der Waals surface area contributed by atoms with E-state index in [1.807, 2.05) is 88.4 Å². The van der Waals surface area contributed by atoms with Gasteiger partial charge in [-0.1, -0.05) is 83.9 Å². The Kier molecular flexibility index (Phi) is 8.42. The number of aromatic hydroxyl groups is 2. The molecule has 0 saturated carbocycles. The van der Waals surface area contributed by atoms with Gasteiger partial charge in [-0.15, -0.1) is 0 Å². The molecule has 228 valence electrons. The summed E-state index contributed by atoms with van der Waals surface area (Å²) in [5.41, 5.74) is 3.59. The van der Waals surface area contributed by atoms with E-state index in [1.165, 1.54) is 12.1 Å². The summed E-state index contributed by atoms with van der Waals surface area (Å²) in [6.45, 7) is 8.97. The number of benzene rings is 4. The Bertz CT molecular complexity index is 1590. The lowest BCUT2D eigenvalue weighted by Crippen LogP contribution is -2.53. The van der Waals surface area contributed by atoms with Gasteiger partial charge in [-0.25, -0.2) is 9.59 Å². The van der Waals surface area contributed by atoms with E-state index in [-0.39, 0.29) is 33.6 Å². The zero-order chi connectivity index (χ0) is 31.8. The number of nitrogens with one attached hydrogen (secondary N) is 2. The largest absolute Gasteiger partial charge is 0.506 e. The summed E-state index contributed by atoms with van der Waals surface area (Å²) in [7, 11) is 0. The van der Waals surface area contributed by atoms with Gasteiger partial charge in [0, 0.05) is 36.3 Å². The van der Waals surface area contributed by atoms with Gasteiger partial charge in [-0.3, -0.25) is 0 Å². The molecule has 0 saturated heterocycles. The van der Waals surface area contributed by atoms with Crippen LogP contribution < -0.4 is 10.6 Å². The van der Waals surface area contributed by atoms with Crippen LogP contribution in [0, 0.1) is 0 Å². The lowest BCUT2D eigenvalue weighted by molar-refractivity contribution is 0.158. The molecule has 6 rings (SSSR count). The molecule has 0 bridgehead atoms. The standard InChI is InChI=1S/2C17H17ClN2O2/c2*1-3-20-16(22)19-14-10-15(21)13(18)9-12(14)17(20,2)11-7-5-4-6-8-11/h2*4-10,21H,3H2,1-2H3,(H,19,22)/t2*17-/m10/s1. The van der Waals surface area contributed by atoms with Crippen molar-refractivity contribution in [1.82, 2.24) is 9.80 Å². The van der Waals surface area contributed by atoms with Gasteiger partial charge in [-0.2, -0.15) is 0 Å². The molecule has 8 nitrogen and oxygen atoms in total. The zero-order valence-corrected chi connectivity index (χ0v) is 26.4. The maximum absolute atomic E-state index is 12.5. The van der Waals surface area contributed by atoms with Gasteiger partial charge in [0.15, 0.2) is 0 Å². The minimum absolute atomic E-state index is 0.0407. The fourth-order valence-electron chi connectivity index (χ4n) is 6.27. The summed E-state index contributed by atoms with van der Waals surface area (Å²) in [5, 5.41) is 25.8. The molecule has 2 heterocycles. The van der Waals surface area contributed by atoms with Crippen LogP contribution in [-0.2, 0) is 11.1 Å². The Labute approximate surface area is 266 Å². The Balaban J connectivity index is 0.000000175. The molecule has 0 unspecified atom stereocenters. The zero-order valence-electron chi connectivity index (χ0n) is 24.9. The van der Waals surface area contributed by atoms with Crippen molar-refractivity contribution >= 4 is 46.6 Å². The predicted octanol–water partition coefficient (Wildman–Crippen LogP) is 8.35. The van der Waals surface area contributed by atoms with Crippen LogP contribution >= 0.6 is 23.2 Å². The number of rotatable bonds is 4. The van der Waals surface area contributed by atoms with Crippen LogP contribution in [0.25, 0.3) is 0 Å². The lowest BCUT2D eigenvalue weighted by atomic mass is 9.80. The number of hydrogen-bond donors (Lipinski definition) is 4. The van der Waals surface area contributed by atoms with Crippen molar-refractivity contribution in [3.8, 4) is 11.5 Å². The molecule has 2 aliphatic heterocycles. The first kappa shape index (κ1) is 31.0. The highest BCUT2D eigenvalue weighted by Gasteiger charge is 2.45. The minimum atomic E-state index is -0.648. The highest BCUT2D eigenvalue weighted by molar-refractivity contribution is 6.32. The van der Waals surface area contributed by atoms with Crippen molar-refractivity contribution < 1.29 is 19.8 Å². The number of fused-ring (bicyclic) bond motifs is 2. The fraction of sp³-hybridized carbons (Fsp3) is 0.235. The first-order chi connectivity index (χ1) is 21.0. The lowest BCUT2D eigenvalue weighted by Gasteiger charge is -2.46. The maximum Gasteiger partial charge on any atom is 0.322 e. The summed E-state index contributed by atoms with van der Waals surface area (Å²) >= 11 is 12.2. The number of halogens is 2. The summed E-state index contributed by atoms with van der Waals surface area (Å²) in [6, 6.07) is 25.7. The molecule has 2 aliphatic rings. The number of carbonyl (C=O) groups is 2. The molecular weight excluding hydrogens is 599 g/mol. The van der Waals surface area contributed by atoms with Gasteiger partial charge in [-0.05, 0) is 51.0 Å². The molecule has 10 heteroatoms. The Morgan fingerprint density at radius 3 is 1.30 bits per heavy atom. The van der Waals surface area contributed by atoms with E-state index < -0.39 is 11.1 Å². The molecule has 4 amide bonds. The van der Waals surface area contributed by atoms with Crippen molar-refractivity contribution in [2.75, 3.05) is 23.7 Å². The van der Waals surface area contributed by atoms with Crippen LogP contribution in [0.5, 0.6) is 11.5 Å². The second kappa shape index (κ2) is 11.9. The highest BCUT2D eigenvalue weighted by atomic mass is 35.5. The Hall–Kier alpha value is -4.40. The van der Waals surface area contributed by atoms with Gasteiger partial charge < -0.3 is 30.6 Å². The van der Waals surface area contributed by atoms with Gasteiger partial charge in [0.05, 0.1) is 32.5 Å². The maximum atomic E-state index is 12.5. The Morgan fingerprint density at radius 1 is 0.636 bits per heavy atom. The normalized spacial score (nSPS) is 20.5. The highest BCUT2D eigenvalue weighted by Crippen LogP contribution is 2.47. The van der Waals surface area contributed by atoms with E-state index in [4.69, 9.17) is 23.2 Å². The van der Waals surface area contributed by atoms with Gasteiger partial charge in [0.25, 0.3) is 0 Å². The quantitative estimate of drug-likeness (QED) is 0.181. The Morgan fingerprint density at radius 2 is 0.977 bits per heavy atom. The van der Waals surface area contributed by atoms with Crippen molar-refractivity contribution in [1.29, 1.82) is 0 Å². The third kappa shape index (κ3) is 5.08. The molecule has 4 aromatic carbocycles. The van der Waals surface area contributed by atoms with E-state index in [1.54, 1.807) is 21.9 Å². The molecule has 0 radical (unpaired) electrons. The average Bonchev–Trinajstić information content (AvgIpc) is 3.01. The van der Waals surface area contributed by atoms with Crippen LogP contribution in [0.3, 0.4) is 0 Å². The van der Waals surface area contributed by atoms with E-state index in [0.29, 0.717) is 24.5 Å². The van der Waals surface area contributed by atoms with Gasteiger partial charge in [0.2, 0.25) is 0 Å². The van der Waals surface area contributed by atoms with Crippen LogP contribution in [0.2, 0.25) is 10.0 Å². The molecule has 4 aromatic rings. The van der Waals surface area contributed by atoms with Crippen molar-refractivity contribution in [3.63, 3.8) is 0 Å². The number of urea groups is 2. The van der Waals surface area contributed by atoms with Crippen LogP contribution in [0.4, 0.5) is 21.0 Å². The van der Waals surface area contributed by atoms with E-state index in [2.05, 4.69) is 10.6 Å². The number of phenols is 2. The molecule has 0 spiro atoms. The topological polar surface area (TPSA) is 105 Å². The van der Waals surface area contributed by atoms with Crippen LogP contribution in [-0.4, -0.2) is 45.2 Å². The van der Waals surface area contributed by atoms with Crippen molar-refractivity contribution in [2.45, 2.75) is 38.8 Å². The molecule has 0 aromatic heterocycles. The molecule has 0 fully saturated rings. The second-order valence-corrected chi connectivity index (χ2v) is 11.7. The molecular formula is C34H34Cl2N4O4. The second-order valence-electron chi connectivity index (χ2n) is 10.9. The third-order valence-electron chi connectivity index (χ3n) is 8.58. The number of anilines is 2. The van der Waals surface area contributed by atoms with Gasteiger partial charge >= 0.3 is 12.1 Å². The summed E-state index contributed by atoms with van der Waals surface area (Å²) < 4.78 is 0. The molecule has 2 atom stereocenters. The smallest absolute Gasteiger partial charge is 0.322 e. The number of nitrogens with zero attached hydrogens (tertiary/aromatic N) is 2. The van der Waals surface area contributed by atoms with Crippen LogP contribution in [0.15, 0.2) is 84.9 Å². The first-order valence-electron chi connectivity index (χ1n) is 14.3. The number of hydrogen-bond acceptors (Lipinski definition) is 4. The fourth-order valence-corrected chi connectivity index (χ4v) is 6.59. The SMILES string of the molecule is CCN1C(=O)Nc2cc(O)c(Cl)cc2[C@@]1(C)c1ccccc1.CCN1C(=O)Nc2cc(O)c(Cl)cc2[C@]1(C)c1ccccc1.